The monoisotopic (exact) mass is 227 g/mol. The highest BCUT2D eigenvalue weighted by Crippen LogP contribution is 2.35. The first kappa shape index (κ1) is 13.5. The van der Waals surface area contributed by atoms with Crippen molar-refractivity contribution in [1.82, 2.24) is 4.90 Å². The zero-order chi connectivity index (χ0) is 12.2. The molecule has 0 aromatic rings. The van der Waals surface area contributed by atoms with Gasteiger partial charge >= 0.3 is 5.97 Å². The van der Waals surface area contributed by atoms with Gasteiger partial charge in [-0.15, -0.1) is 0 Å². The van der Waals surface area contributed by atoms with Crippen LogP contribution in [0.25, 0.3) is 0 Å². The zero-order valence-electron chi connectivity index (χ0n) is 10.8. The summed E-state index contributed by atoms with van der Waals surface area (Å²) in [5.41, 5.74) is -0.453. The molecular formula is C13H25NO2. The molecule has 3 heteroatoms. The van der Waals surface area contributed by atoms with Gasteiger partial charge in [0.25, 0.3) is 0 Å². The summed E-state index contributed by atoms with van der Waals surface area (Å²) in [7, 11) is 0. The van der Waals surface area contributed by atoms with Gasteiger partial charge in [-0.3, -0.25) is 4.79 Å². The molecular weight excluding hydrogens is 202 g/mol. The number of nitrogens with zero attached hydrogens (tertiary/aromatic N) is 1. The second-order valence-electron chi connectivity index (χ2n) is 5.54. The number of hydrogen-bond donors (Lipinski definition) is 1. The molecule has 0 bridgehead atoms. The minimum Gasteiger partial charge on any atom is -0.481 e. The standard InChI is InChI=1S/C13H25NO2/c1-4-6-13(12(15)16)7-9-14(10-13)8-5-11(2)3/h11H,4-10H2,1-3H3,(H,15,16). The van der Waals surface area contributed by atoms with Gasteiger partial charge < -0.3 is 10.0 Å². The number of carbonyl (C=O) groups is 1. The third kappa shape index (κ3) is 3.21. The molecule has 1 saturated heterocycles. The predicted molar refractivity (Wildman–Crippen MR) is 65.5 cm³/mol. The fraction of sp³-hybridized carbons (Fsp3) is 0.923. The van der Waals surface area contributed by atoms with E-state index in [-0.39, 0.29) is 0 Å². The molecule has 0 aromatic heterocycles. The lowest BCUT2D eigenvalue weighted by molar-refractivity contribution is -0.148. The Morgan fingerprint density at radius 3 is 2.69 bits per heavy atom. The molecule has 0 spiro atoms. The van der Waals surface area contributed by atoms with E-state index in [1.807, 2.05) is 0 Å². The number of rotatable bonds is 6. The summed E-state index contributed by atoms with van der Waals surface area (Å²) in [4.78, 5) is 13.7. The van der Waals surface area contributed by atoms with Crippen molar-refractivity contribution in [1.29, 1.82) is 0 Å². The van der Waals surface area contributed by atoms with Crippen molar-refractivity contribution in [3.63, 3.8) is 0 Å². The fourth-order valence-electron chi connectivity index (χ4n) is 2.55. The summed E-state index contributed by atoms with van der Waals surface area (Å²) >= 11 is 0. The molecule has 0 radical (unpaired) electrons. The Morgan fingerprint density at radius 2 is 2.19 bits per heavy atom. The highest BCUT2D eigenvalue weighted by Gasteiger charge is 2.43. The molecule has 0 aliphatic carbocycles. The molecule has 0 aromatic carbocycles. The Hall–Kier alpha value is -0.570. The van der Waals surface area contributed by atoms with Crippen LogP contribution in [-0.4, -0.2) is 35.6 Å². The minimum absolute atomic E-state index is 0.453. The van der Waals surface area contributed by atoms with Crippen LogP contribution in [0.2, 0.25) is 0 Å². The molecule has 1 aliphatic heterocycles. The summed E-state index contributed by atoms with van der Waals surface area (Å²) in [6.07, 6.45) is 3.78. The highest BCUT2D eigenvalue weighted by molar-refractivity contribution is 5.75. The van der Waals surface area contributed by atoms with Gasteiger partial charge in [0.2, 0.25) is 0 Å². The Labute approximate surface area is 98.8 Å². The Morgan fingerprint density at radius 1 is 1.50 bits per heavy atom. The molecule has 1 heterocycles. The first-order valence-corrected chi connectivity index (χ1v) is 6.46. The van der Waals surface area contributed by atoms with E-state index in [0.29, 0.717) is 5.92 Å². The molecule has 94 valence electrons. The second kappa shape index (κ2) is 5.67. The first-order valence-electron chi connectivity index (χ1n) is 6.46. The van der Waals surface area contributed by atoms with Crippen molar-refractivity contribution in [3.05, 3.63) is 0 Å². The normalized spacial score (nSPS) is 26.5. The van der Waals surface area contributed by atoms with Crippen LogP contribution in [0.15, 0.2) is 0 Å². The maximum absolute atomic E-state index is 11.4. The molecule has 16 heavy (non-hydrogen) atoms. The average molecular weight is 227 g/mol. The maximum atomic E-state index is 11.4. The number of likely N-dealkylation sites (tertiary alicyclic amines) is 1. The molecule has 0 saturated carbocycles. The average Bonchev–Trinajstić information content (AvgIpc) is 2.60. The van der Waals surface area contributed by atoms with E-state index in [4.69, 9.17) is 0 Å². The Balaban J connectivity index is 2.50. The van der Waals surface area contributed by atoms with Crippen molar-refractivity contribution in [2.75, 3.05) is 19.6 Å². The lowest BCUT2D eigenvalue weighted by atomic mass is 9.83. The predicted octanol–water partition coefficient (Wildman–Crippen LogP) is 2.61. The number of hydrogen-bond acceptors (Lipinski definition) is 2. The van der Waals surface area contributed by atoms with E-state index in [0.717, 1.165) is 38.9 Å². The van der Waals surface area contributed by atoms with Crippen LogP contribution in [-0.2, 0) is 4.79 Å². The fourth-order valence-corrected chi connectivity index (χ4v) is 2.55. The number of aliphatic carboxylic acids is 1. The van der Waals surface area contributed by atoms with E-state index in [2.05, 4.69) is 25.7 Å². The highest BCUT2D eigenvalue weighted by atomic mass is 16.4. The topological polar surface area (TPSA) is 40.5 Å². The van der Waals surface area contributed by atoms with Crippen LogP contribution in [0.1, 0.15) is 46.5 Å². The van der Waals surface area contributed by atoms with Gasteiger partial charge in [-0.2, -0.15) is 0 Å². The largest absolute Gasteiger partial charge is 0.481 e. The third-order valence-electron chi connectivity index (χ3n) is 3.64. The molecule has 1 fully saturated rings. The van der Waals surface area contributed by atoms with Crippen LogP contribution in [0.4, 0.5) is 0 Å². The van der Waals surface area contributed by atoms with Crippen LogP contribution in [0.5, 0.6) is 0 Å². The maximum Gasteiger partial charge on any atom is 0.310 e. The van der Waals surface area contributed by atoms with E-state index in [1.165, 1.54) is 6.42 Å². The quantitative estimate of drug-likeness (QED) is 0.758. The smallest absolute Gasteiger partial charge is 0.310 e. The summed E-state index contributed by atoms with van der Waals surface area (Å²) in [5.74, 6) is 0.104. The zero-order valence-corrected chi connectivity index (χ0v) is 10.8. The summed E-state index contributed by atoms with van der Waals surface area (Å²) in [6.45, 7) is 9.26. The van der Waals surface area contributed by atoms with E-state index >= 15 is 0 Å². The van der Waals surface area contributed by atoms with Gasteiger partial charge in [0.15, 0.2) is 0 Å². The van der Waals surface area contributed by atoms with Gasteiger partial charge in [-0.1, -0.05) is 27.2 Å². The number of carboxylic acid groups (broad SMARTS) is 1. The van der Waals surface area contributed by atoms with Crippen molar-refractivity contribution in [2.45, 2.75) is 46.5 Å². The molecule has 1 rings (SSSR count). The van der Waals surface area contributed by atoms with Crippen molar-refractivity contribution < 1.29 is 9.90 Å². The van der Waals surface area contributed by atoms with E-state index in [1.54, 1.807) is 0 Å². The number of carboxylic acids is 1. The minimum atomic E-state index is -0.596. The van der Waals surface area contributed by atoms with Crippen molar-refractivity contribution in [2.24, 2.45) is 11.3 Å². The molecule has 1 unspecified atom stereocenters. The van der Waals surface area contributed by atoms with Gasteiger partial charge in [-0.05, 0) is 38.3 Å². The van der Waals surface area contributed by atoms with Gasteiger partial charge in [-0.25, -0.2) is 0 Å². The van der Waals surface area contributed by atoms with Crippen molar-refractivity contribution in [3.8, 4) is 0 Å². The van der Waals surface area contributed by atoms with Gasteiger partial charge in [0.1, 0.15) is 0 Å². The van der Waals surface area contributed by atoms with Crippen LogP contribution in [0, 0.1) is 11.3 Å². The summed E-state index contributed by atoms with van der Waals surface area (Å²) < 4.78 is 0. The van der Waals surface area contributed by atoms with E-state index < -0.39 is 11.4 Å². The van der Waals surface area contributed by atoms with Gasteiger partial charge in [0, 0.05) is 6.54 Å². The lowest BCUT2D eigenvalue weighted by Gasteiger charge is -2.24. The molecule has 1 N–H and O–H groups in total. The molecule has 1 atom stereocenters. The lowest BCUT2D eigenvalue weighted by Crippen LogP contribution is -2.35. The Bertz CT molecular complexity index is 240. The van der Waals surface area contributed by atoms with Crippen molar-refractivity contribution >= 4 is 5.97 Å². The molecule has 3 nitrogen and oxygen atoms in total. The molecule has 1 aliphatic rings. The summed E-state index contributed by atoms with van der Waals surface area (Å²) in [6, 6.07) is 0. The van der Waals surface area contributed by atoms with Crippen LogP contribution < -0.4 is 0 Å². The first-order chi connectivity index (χ1) is 7.50. The third-order valence-corrected chi connectivity index (χ3v) is 3.64. The SMILES string of the molecule is CCCC1(C(=O)O)CCN(CCC(C)C)C1. The Kier molecular flexibility index (Phi) is 4.78. The van der Waals surface area contributed by atoms with Crippen LogP contribution in [0.3, 0.4) is 0 Å². The van der Waals surface area contributed by atoms with Crippen LogP contribution >= 0.6 is 0 Å². The summed E-state index contributed by atoms with van der Waals surface area (Å²) in [5, 5.41) is 9.36. The van der Waals surface area contributed by atoms with Gasteiger partial charge in [0.05, 0.1) is 5.41 Å². The molecule has 0 amide bonds. The van der Waals surface area contributed by atoms with E-state index in [9.17, 15) is 9.90 Å². The second-order valence-corrected chi connectivity index (χ2v) is 5.54.